The normalized spacial score (nSPS) is 32.2. The molecule has 6 rings (SSSR count). The van der Waals surface area contributed by atoms with E-state index in [0.717, 1.165) is 37.8 Å². The van der Waals surface area contributed by atoms with Crippen LogP contribution in [0.5, 0.6) is 5.75 Å². The summed E-state index contributed by atoms with van der Waals surface area (Å²) >= 11 is 3.90. The van der Waals surface area contributed by atoms with Crippen LogP contribution >= 0.6 is 15.9 Å². The highest BCUT2D eigenvalue weighted by molar-refractivity contribution is 9.10. The van der Waals surface area contributed by atoms with Crippen LogP contribution in [0.2, 0.25) is 0 Å². The Bertz CT molecular complexity index is 960. The number of hydrogen-bond donors (Lipinski definition) is 3. The van der Waals surface area contributed by atoms with Crippen molar-refractivity contribution in [3.05, 3.63) is 42.2 Å². The molecule has 2 atom stereocenters. The molecule has 4 saturated carbocycles. The van der Waals surface area contributed by atoms with E-state index in [0.29, 0.717) is 11.8 Å². The maximum absolute atomic E-state index is 13.1. The third-order valence-electron chi connectivity index (χ3n) is 6.69. The summed E-state index contributed by atoms with van der Waals surface area (Å²) in [6.07, 6.45) is 7.42. The lowest BCUT2D eigenvalue weighted by Crippen LogP contribution is -2.60. The average molecular weight is 459 g/mol. The van der Waals surface area contributed by atoms with Crippen molar-refractivity contribution in [1.82, 2.24) is 20.6 Å². The number of nitrogens with one attached hydrogen (secondary N) is 2. The molecule has 0 aliphatic heterocycles. The topological polar surface area (TPSA) is 96.3 Å². The number of para-hydroxylation sites is 1. The number of amides is 2. The van der Waals surface area contributed by atoms with Crippen molar-refractivity contribution in [1.29, 1.82) is 0 Å². The van der Waals surface area contributed by atoms with Gasteiger partial charge in [0.15, 0.2) is 11.4 Å². The summed E-state index contributed by atoms with van der Waals surface area (Å²) in [6.45, 7) is 0. The number of carbonyl (C=O) groups is 2. The third kappa shape index (κ3) is 3.23. The lowest BCUT2D eigenvalue weighted by molar-refractivity contribution is -0.144. The van der Waals surface area contributed by atoms with Crippen LogP contribution in [0, 0.1) is 17.3 Å². The molecule has 4 aliphatic carbocycles. The third-order valence-corrected chi connectivity index (χ3v) is 7.62. The second-order valence-electron chi connectivity index (χ2n) is 8.94. The fourth-order valence-corrected chi connectivity index (χ4v) is 7.41. The molecule has 2 unspecified atom stereocenters. The number of aromatic hydroxyl groups is 1. The minimum Gasteiger partial charge on any atom is -0.504 e. The molecule has 2 amide bonds. The van der Waals surface area contributed by atoms with Gasteiger partial charge in [-0.15, -0.1) is 0 Å². The van der Waals surface area contributed by atoms with Crippen molar-refractivity contribution >= 4 is 27.7 Å². The van der Waals surface area contributed by atoms with Crippen LogP contribution in [-0.2, 0) is 4.79 Å². The molecule has 4 aliphatic rings. The van der Waals surface area contributed by atoms with Gasteiger partial charge in [0, 0.05) is 4.32 Å². The molecule has 4 fully saturated rings. The molecular weight excluding hydrogens is 436 g/mol. The molecule has 8 heteroatoms. The zero-order valence-electron chi connectivity index (χ0n) is 15.9. The monoisotopic (exact) mass is 458 g/mol. The Kier molecular flexibility index (Phi) is 4.24. The molecule has 4 bridgehead atoms. The minimum absolute atomic E-state index is 0.0607. The van der Waals surface area contributed by atoms with Crippen molar-refractivity contribution in [2.45, 2.75) is 42.8 Å². The minimum atomic E-state index is -0.635. The first-order chi connectivity index (χ1) is 13.9. The van der Waals surface area contributed by atoms with E-state index in [1.807, 2.05) is 30.3 Å². The van der Waals surface area contributed by atoms with Crippen LogP contribution in [0.15, 0.2) is 36.5 Å². The Morgan fingerprint density at radius 3 is 2.45 bits per heavy atom. The number of carbonyl (C=O) groups excluding carboxylic acids is 2. The average Bonchev–Trinajstić information content (AvgIpc) is 3.06. The molecule has 0 saturated heterocycles. The Hall–Kier alpha value is -2.35. The first kappa shape index (κ1) is 18.7. The van der Waals surface area contributed by atoms with Gasteiger partial charge in [0.2, 0.25) is 5.91 Å². The zero-order chi connectivity index (χ0) is 20.2. The molecule has 1 aromatic carbocycles. The van der Waals surface area contributed by atoms with Gasteiger partial charge in [0.1, 0.15) is 0 Å². The van der Waals surface area contributed by atoms with Crippen molar-refractivity contribution in [3.8, 4) is 11.4 Å². The van der Waals surface area contributed by atoms with Crippen molar-refractivity contribution in [2.75, 3.05) is 0 Å². The van der Waals surface area contributed by atoms with Crippen LogP contribution in [0.1, 0.15) is 49.0 Å². The molecule has 7 nitrogen and oxygen atoms in total. The lowest BCUT2D eigenvalue weighted by Gasteiger charge is -2.59. The fourth-order valence-electron chi connectivity index (χ4n) is 5.96. The van der Waals surface area contributed by atoms with E-state index in [9.17, 15) is 14.7 Å². The second-order valence-corrected chi connectivity index (χ2v) is 10.6. The Morgan fingerprint density at radius 1 is 1.10 bits per heavy atom. The maximum atomic E-state index is 13.1. The summed E-state index contributed by atoms with van der Waals surface area (Å²) in [4.78, 5) is 25.6. The Labute approximate surface area is 177 Å². The van der Waals surface area contributed by atoms with E-state index in [-0.39, 0.29) is 21.7 Å². The van der Waals surface area contributed by atoms with E-state index in [1.54, 1.807) is 0 Å². The lowest BCUT2D eigenvalue weighted by atomic mass is 9.49. The predicted octanol–water partition coefficient (Wildman–Crippen LogP) is 3.07. The maximum Gasteiger partial charge on any atom is 0.294 e. The highest BCUT2D eigenvalue weighted by atomic mass is 79.9. The van der Waals surface area contributed by atoms with Gasteiger partial charge in [-0.1, -0.05) is 34.1 Å². The molecule has 29 heavy (non-hydrogen) atoms. The van der Waals surface area contributed by atoms with E-state index >= 15 is 0 Å². The molecule has 0 radical (unpaired) electrons. The van der Waals surface area contributed by atoms with E-state index < -0.39 is 11.3 Å². The van der Waals surface area contributed by atoms with E-state index in [4.69, 9.17) is 0 Å². The van der Waals surface area contributed by atoms with Gasteiger partial charge in [-0.05, 0) is 62.5 Å². The van der Waals surface area contributed by atoms with Crippen LogP contribution < -0.4 is 10.9 Å². The number of nitrogens with zero attached hydrogens (tertiary/aromatic N) is 2. The van der Waals surface area contributed by atoms with Crippen molar-refractivity contribution in [3.63, 3.8) is 0 Å². The summed E-state index contributed by atoms with van der Waals surface area (Å²) in [6, 6.07) is 9.20. The molecule has 152 valence electrons. The molecule has 1 aromatic heterocycles. The number of hydrogen-bond acceptors (Lipinski definition) is 4. The summed E-state index contributed by atoms with van der Waals surface area (Å²) in [5, 5.41) is 14.3. The van der Waals surface area contributed by atoms with Gasteiger partial charge >= 0.3 is 0 Å². The Balaban J connectivity index is 1.28. The van der Waals surface area contributed by atoms with Gasteiger partial charge in [0.05, 0.1) is 17.3 Å². The molecule has 0 spiro atoms. The summed E-state index contributed by atoms with van der Waals surface area (Å²) in [5.41, 5.74) is 5.24. The van der Waals surface area contributed by atoms with Crippen molar-refractivity contribution < 1.29 is 14.7 Å². The van der Waals surface area contributed by atoms with Gasteiger partial charge < -0.3 is 5.11 Å². The van der Waals surface area contributed by atoms with Crippen LogP contribution in [0.4, 0.5) is 0 Å². The highest BCUT2D eigenvalue weighted by Gasteiger charge is 2.59. The van der Waals surface area contributed by atoms with Crippen LogP contribution in [0.25, 0.3) is 5.69 Å². The smallest absolute Gasteiger partial charge is 0.294 e. The standard InChI is InChI=1S/C21H23BrN4O3/c22-21-9-13-6-14(10-21)8-20(7-13,12-21)19(29)24-23-18(28)17-16(27)11-26(25-17)15-4-2-1-3-5-15/h1-5,11,13-14,27H,6-10,12H2,(H,23,28)(H,24,29). The molecule has 2 aromatic rings. The molecule has 3 N–H and O–H groups in total. The number of alkyl halides is 1. The largest absolute Gasteiger partial charge is 0.504 e. The number of rotatable bonds is 3. The summed E-state index contributed by atoms with van der Waals surface area (Å²) in [5.74, 6) is 0.134. The van der Waals surface area contributed by atoms with Crippen LogP contribution in [-0.4, -0.2) is 31.0 Å². The Morgan fingerprint density at radius 2 is 1.79 bits per heavy atom. The zero-order valence-corrected chi connectivity index (χ0v) is 17.5. The van der Waals surface area contributed by atoms with E-state index in [1.165, 1.54) is 17.3 Å². The first-order valence-electron chi connectivity index (χ1n) is 10.00. The summed E-state index contributed by atoms with van der Waals surface area (Å²) < 4.78 is 1.49. The van der Waals surface area contributed by atoms with Gasteiger partial charge in [-0.2, -0.15) is 5.10 Å². The van der Waals surface area contributed by atoms with Gasteiger partial charge in [0.25, 0.3) is 5.91 Å². The number of hydrazine groups is 1. The highest BCUT2D eigenvalue weighted by Crippen LogP contribution is 2.64. The molecule has 1 heterocycles. The van der Waals surface area contributed by atoms with Gasteiger partial charge in [-0.25, -0.2) is 4.68 Å². The molecular formula is C21H23BrN4O3. The number of aromatic nitrogens is 2. The predicted molar refractivity (Wildman–Crippen MR) is 110 cm³/mol. The second kappa shape index (κ2) is 6.58. The fraction of sp³-hybridized carbons (Fsp3) is 0.476. The van der Waals surface area contributed by atoms with E-state index in [2.05, 4.69) is 31.9 Å². The summed E-state index contributed by atoms with van der Waals surface area (Å²) in [7, 11) is 0. The quantitative estimate of drug-likeness (QED) is 0.486. The SMILES string of the molecule is O=C(NNC(=O)C12CC3CC(CC(Br)(C3)C1)C2)c1nn(-c2ccccc2)cc1O. The van der Waals surface area contributed by atoms with Gasteiger partial charge in [-0.3, -0.25) is 20.4 Å². The number of benzene rings is 1. The van der Waals surface area contributed by atoms with Crippen LogP contribution in [0.3, 0.4) is 0 Å². The first-order valence-corrected chi connectivity index (χ1v) is 10.8. The number of halogens is 1. The van der Waals surface area contributed by atoms with Crippen molar-refractivity contribution in [2.24, 2.45) is 17.3 Å².